The Balaban J connectivity index is 0. The Hall–Kier alpha value is -2.64. The summed E-state index contributed by atoms with van der Waals surface area (Å²) in [6.45, 7) is 12.5. The number of rotatable bonds is 3. The molecule has 1 saturated heterocycles. The van der Waals surface area contributed by atoms with Crippen molar-refractivity contribution < 1.29 is 22.4 Å². The van der Waals surface area contributed by atoms with Crippen molar-refractivity contribution in [2.45, 2.75) is 58.7 Å². The van der Waals surface area contributed by atoms with Gasteiger partial charge in [-0.25, -0.2) is 4.39 Å². The van der Waals surface area contributed by atoms with Gasteiger partial charge in [0.25, 0.3) is 5.91 Å². The number of thiol groups is 1. The van der Waals surface area contributed by atoms with Gasteiger partial charge in [0, 0.05) is 24.2 Å². The average Bonchev–Trinajstić information content (AvgIpc) is 3.68. The standard InChI is InChI=1S/C13H10F3N3OS.C6H5FS.3C2H6/c1-18(12(20)11-6-19(11)7-21)9-3-2-8(5-17)10(4-9)13(14,15)16;7-5-1-3-6(8)4-2-5;3*1-2/h2-4,7,11H,6H2,1H3;1-4,8H;3*1-2H3. The molecule has 4 nitrogen and oxygen atoms in total. The number of hydrogen-bond acceptors (Lipinski definition) is 4. The first-order valence-corrected chi connectivity index (χ1v) is 12.0. The fourth-order valence-electron chi connectivity index (χ4n) is 2.35. The highest BCUT2D eigenvalue weighted by molar-refractivity contribution is 7.80. The van der Waals surface area contributed by atoms with Crippen molar-refractivity contribution in [3.63, 3.8) is 0 Å². The van der Waals surface area contributed by atoms with Crippen LogP contribution in [0.15, 0.2) is 47.4 Å². The van der Waals surface area contributed by atoms with E-state index in [1.54, 1.807) is 17.0 Å². The minimum atomic E-state index is -4.65. The molecule has 0 aliphatic carbocycles. The second-order valence-corrected chi connectivity index (χ2v) is 6.76. The average molecular weight is 532 g/mol. The third-order valence-corrected chi connectivity index (χ3v) is 4.61. The van der Waals surface area contributed by atoms with Crippen molar-refractivity contribution in [3.05, 3.63) is 59.4 Å². The van der Waals surface area contributed by atoms with Crippen LogP contribution in [0.2, 0.25) is 0 Å². The van der Waals surface area contributed by atoms with Crippen molar-refractivity contribution in [2.24, 2.45) is 0 Å². The van der Waals surface area contributed by atoms with E-state index in [-0.39, 0.29) is 17.4 Å². The van der Waals surface area contributed by atoms with Crippen molar-refractivity contribution in [1.29, 1.82) is 5.26 Å². The quantitative estimate of drug-likeness (QED) is 0.194. The summed E-state index contributed by atoms with van der Waals surface area (Å²) >= 11 is 8.65. The fraction of sp³-hybridized carbons (Fsp3) is 0.400. The maximum absolute atomic E-state index is 12.9. The largest absolute Gasteiger partial charge is 0.417 e. The second kappa shape index (κ2) is 17.7. The van der Waals surface area contributed by atoms with E-state index in [0.717, 1.165) is 21.9 Å². The number of hydrogen-bond donors (Lipinski definition) is 1. The summed E-state index contributed by atoms with van der Waals surface area (Å²) in [5.74, 6) is -0.559. The number of nitriles is 1. The summed E-state index contributed by atoms with van der Waals surface area (Å²) < 4.78 is 50.7. The maximum atomic E-state index is 12.9. The van der Waals surface area contributed by atoms with E-state index in [4.69, 9.17) is 5.26 Å². The lowest BCUT2D eigenvalue weighted by Gasteiger charge is -2.19. The van der Waals surface area contributed by atoms with E-state index < -0.39 is 23.3 Å². The summed E-state index contributed by atoms with van der Waals surface area (Å²) in [7, 11) is 1.39. The van der Waals surface area contributed by atoms with Crippen LogP contribution in [0, 0.1) is 17.1 Å². The van der Waals surface area contributed by atoms with Crippen molar-refractivity contribution in [3.8, 4) is 6.07 Å². The molecular formula is C25H33F4N3OS2. The molecule has 0 radical (unpaired) electrons. The minimum Gasteiger partial charge on any atom is -0.353 e. The van der Waals surface area contributed by atoms with Gasteiger partial charge in [0.1, 0.15) is 11.9 Å². The van der Waals surface area contributed by atoms with Crippen LogP contribution in [0.1, 0.15) is 52.7 Å². The number of carbonyl (C=O) groups is 1. The number of likely N-dealkylation sites (N-methyl/N-ethyl adjacent to an activating group) is 1. The third-order valence-electron chi connectivity index (χ3n) is 4.04. The molecule has 0 spiro atoms. The first-order chi connectivity index (χ1) is 16.6. The van der Waals surface area contributed by atoms with Crippen LogP contribution in [0.3, 0.4) is 0 Å². The summed E-state index contributed by atoms with van der Waals surface area (Å²) in [5, 5.41) is 8.73. The minimum absolute atomic E-state index is 0.0857. The number of benzene rings is 2. The van der Waals surface area contributed by atoms with Gasteiger partial charge in [-0.05, 0) is 42.5 Å². The van der Waals surface area contributed by atoms with Crippen LogP contribution in [-0.4, -0.2) is 35.9 Å². The van der Waals surface area contributed by atoms with E-state index in [2.05, 4.69) is 24.8 Å². The lowest BCUT2D eigenvalue weighted by Crippen LogP contribution is -2.32. The van der Waals surface area contributed by atoms with Crippen LogP contribution >= 0.6 is 24.8 Å². The molecule has 35 heavy (non-hydrogen) atoms. The molecule has 1 fully saturated rings. The molecule has 1 unspecified atom stereocenters. The Morgan fingerprint density at radius 2 is 1.63 bits per heavy atom. The third kappa shape index (κ3) is 11.6. The molecule has 1 aliphatic heterocycles. The molecule has 2 aromatic rings. The van der Waals surface area contributed by atoms with Gasteiger partial charge in [0.05, 0.1) is 22.7 Å². The number of thiocarbonyl (C=S) groups is 1. The molecule has 1 amide bonds. The van der Waals surface area contributed by atoms with E-state index >= 15 is 0 Å². The number of alkyl halides is 3. The monoisotopic (exact) mass is 531 g/mol. The van der Waals surface area contributed by atoms with E-state index in [1.165, 1.54) is 36.8 Å². The Morgan fingerprint density at radius 1 is 1.11 bits per heavy atom. The molecule has 0 saturated carbocycles. The van der Waals surface area contributed by atoms with Gasteiger partial charge < -0.3 is 9.80 Å². The molecule has 2 aromatic carbocycles. The highest BCUT2D eigenvalue weighted by atomic mass is 32.1. The van der Waals surface area contributed by atoms with E-state index in [0.29, 0.717) is 6.54 Å². The molecule has 0 N–H and O–H groups in total. The fourth-order valence-corrected chi connectivity index (χ4v) is 2.74. The topological polar surface area (TPSA) is 47.1 Å². The zero-order chi connectivity index (χ0) is 27.8. The van der Waals surface area contributed by atoms with Gasteiger partial charge in [0.15, 0.2) is 0 Å². The first kappa shape index (κ1) is 34.5. The molecule has 1 atom stereocenters. The molecule has 3 rings (SSSR count). The number of amides is 1. The molecule has 10 heteroatoms. The van der Waals surface area contributed by atoms with E-state index in [1.807, 2.05) is 41.5 Å². The predicted octanol–water partition coefficient (Wildman–Crippen LogP) is 7.37. The van der Waals surface area contributed by atoms with Crippen molar-refractivity contribution in [1.82, 2.24) is 4.90 Å². The maximum Gasteiger partial charge on any atom is 0.417 e. The first-order valence-electron chi connectivity index (χ1n) is 11.1. The van der Waals surface area contributed by atoms with Gasteiger partial charge in [-0.15, -0.1) is 12.6 Å². The van der Waals surface area contributed by atoms with Crippen LogP contribution in [0.4, 0.5) is 23.2 Å². The summed E-state index contributed by atoms with van der Waals surface area (Å²) in [5.41, 5.74) is -0.0951. The summed E-state index contributed by atoms with van der Waals surface area (Å²) in [4.78, 5) is 15.6. The number of nitrogens with zero attached hydrogens (tertiary/aromatic N) is 3. The predicted molar refractivity (Wildman–Crippen MR) is 141 cm³/mol. The lowest BCUT2D eigenvalue weighted by atomic mass is 10.1. The molecular weight excluding hydrogens is 498 g/mol. The van der Waals surface area contributed by atoms with Crippen LogP contribution in [-0.2, 0) is 11.0 Å². The zero-order valence-electron chi connectivity index (χ0n) is 21.0. The molecule has 1 heterocycles. The SMILES string of the molecule is CC.CC.CC.CN(C(=O)C1CN1C=S)c1ccc(C#N)c(C(F)(F)F)c1.Fc1ccc(S)cc1. The second-order valence-electron chi connectivity index (χ2n) is 6.03. The molecule has 0 aromatic heterocycles. The Kier molecular flexibility index (Phi) is 17.5. The van der Waals surface area contributed by atoms with Crippen molar-refractivity contribution >= 4 is 41.9 Å². The van der Waals surface area contributed by atoms with Gasteiger partial charge in [-0.1, -0.05) is 53.8 Å². The molecule has 194 valence electrons. The lowest BCUT2D eigenvalue weighted by molar-refractivity contribution is -0.137. The van der Waals surface area contributed by atoms with E-state index in [9.17, 15) is 22.4 Å². The van der Waals surface area contributed by atoms with Crippen LogP contribution in [0.25, 0.3) is 0 Å². The van der Waals surface area contributed by atoms with Crippen LogP contribution < -0.4 is 4.90 Å². The van der Waals surface area contributed by atoms with Gasteiger partial charge in [-0.3, -0.25) is 4.79 Å². The highest BCUT2D eigenvalue weighted by Crippen LogP contribution is 2.34. The highest BCUT2D eigenvalue weighted by Gasteiger charge is 2.41. The Bertz CT molecular complexity index is 924. The normalized spacial score (nSPS) is 12.9. The smallest absolute Gasteiger partial charge is 0.353 e. The Morgan fingerprint density at radius 3 is 2.00 bits per heavy atom. The number of carbonyl (C=O) groups excluding carboxylic acids is 1. The Labute approximate surface area is 216 Å². The van der Waals surface area contributed by atoms with Crippen LogP contribution in [0.5, 0.6) is 0 Å². The zero-order valence-corrected chi connectivity index (χ0v) is 22.7. The van der Waals surface area contributed by atoms with Gasteiger partial charge in [-0.2, -0.15) is 18.4 Å². The summed E-state index contributed by atoms with van der Waals surface area (Å²) in [6, 6.07) is 10.2. The molecule has 1 aliphatic rings. The summed E-state index contributed by atoms with van der Waals surface area (Å²) in [6.07, 6.45) is -4.65. The van der Waals surface area contributed by atoms with Gasteiger partial charge >= 0.3 is 6.18 Å². The number of anilines is 1. The molecule has 0 bridgehead atoms. The van der Waals surface area contributed by atoms with Gasteiger partial charge in [0.2, 0.25) is 0 Å². The van der Waals surface area contributed by atoms with Crippen molar-refractivity contribution in [2.75, 3.05) is 18.5 Å². The number of halogens is 4.